The van der Waals surface area contributed by atoms with Gasteiger partial charge in [-0.1, -0.05) is 12.1 Å². The van der Waals surface area contributed by atoms with Crippen molar-refractivity contribution >= 4 is 29.5 Å². The summed E-state index contributed by atoms with van der Waals surface area (Å²) in [6.07, 6.45) is -5.18. The van der Waals surface area contributed by atoms with E-state index in [0.29, 0.717) is 6.29 Å². The van der Waals surface area contributed by atoms with E-state index >= 15 is 0 Å². The minimum absolute atomic E-state index is 0.0169. The lowest BCUT2D eigenvalue weighted by atomic mass is 9.71. The van der Waals surface area contributed by atoms with Crippen LogP contribution in [0.3, 0.4) is 0 Å². The molecule has 1 heterocycles. The molecule has 1 fully saturated rings. The number of ether oxygens (including phenoxy) is 3. The first-order valence-corrected chi connectivity index (χ1v) is 15.0. The molecule has 7 atom stereocenters. The van der Waals surface area contributed by atoms with Crippen molar-refractivity contribution in [2.45, 2.75) is 88.2 Å². The lowest BCUT2D eigenvalue weighted by molar-refractivity contribution is -0.248. The van der Waals surface area contributed by atoms with Gasteiger partial charge in [0.2, 0.25) is 11.7 Å². The van der Waals surface area contributed by atoms with Crippen LogP contribution in [-0.4, -0.2) is 93.3 Å². The molecule has 0 spiro atoms. The fraction of sp³-hybridized carbons (Fsp3) is 0.469. The molecule has 2 aliphatic carbocycles. The summed E-state index contributed by atoms with van der Waals surface area (Å²) in [5, 5.41) is 45.6. The fourth-order valence-electron chi connectivity index (χ4n) is 6.46. The van der Waals surface area contributed by atoms with Crippen LogP contribution < -0.4 is 21.3 Å². The molecule has 2 aromatic carbocycles. The number of hydrogen-bond donors (Lipinski definition) is 7. The van der Waals surface area contributed by atoms with Gasteiger partial charge in [0.15, 0.2) is 12.1 Å². The highest BCUT2D eigenvalue weighted by atomic mass is 16.7. The second-order valence-corrected chi connectivity index (χ2v) is 12.2. The Morgan fingerprint density at radius 3 is 2.49 bits per heavy atom. The van der Waals surface area contributed by atoms with Crippen LogP contribution in [0.25, 0.3) is 0 Å². The van der Waals surface area contributed by atoms with Crippen molar-refractivity contribution in [1.29, 1.82) is 0 Å². The number of phenols is 2. The Morgan fingerprint density at radius 2 is 1.85 bits per heavy atom. The third-order valence-corrected chi connectivity index (χ3v) is 8.96. The molecule has 1 saturated heterocycles. The Labute approximate surface area is 269 Å². The van der Waals surface area contributed by atoms with E-state index in [1.54, 1.807) is 6.92 Å². The van der Waals surface area contributed by atoms with Crippen LogP contribution >= 0.6 is 0 Å². The molecule has 8 N–H and O–H groups in total. The smallest absolute Gasteiger partial charge is 0.234 e. The van der Waals surface area contributed by atoms with Crippen molar-refractivity contribution < 1.29 is 58.6 Å². The number of methoxy groups -OCH3 is 1. The van der Waals surface area contributed by atoms with Crippen molar-refractivity contribution in [2.24, 2.45) is 5.73 Å². The third kappa shape index (κ3) is 6.13. The van der Waals surface area contributed by atoms with Crippen LogP contribution in [0.2, 0.25) is 0 Å². The van der Waals surface area contributed by atoms with Gasteiger partial charge in [0, 0.05) is 54.8 Å². The van der Waals surface area contributed by atoms with Crippen molar-refractivity contribution in [3.63, 3.8) is 0 Å². The summed E-state index contributed by atoms with van der Waals surface area (Å²) in [6.45, 7) is 2.89. The van der Waals surface area contributed by atoms with E-state index in [-0.39, 0.29) is 53.0 Å². The van der Waals surface area contributed by atoms with E-state index in [9.17, 15) is 44.4 Å². The number of fused-ring (bicyclic) bond motifs is 3. The number of aromatic hydroxyl groups is 2. The molecule has 5 rings (SSSR count). The summed E-state index contributed by atoms with van der Waals surface area (Å²) in [7, 11) is 1.31. The molecule has 0 saturated carbocycles. The molecule has 15 heteroatoms. The SMILES string of the molecule is COc1cccc2c1C(=O)c1c(O)c3c(c(O)c1C2=O)C[C@@](O)(C(C=O)NNC(=O)CCC(C)=O)CC3OC1CC(N)C(O)C(C)O1. The quantitative estimate of drug-likeness (QED) is 0.0864. The topological polar surface area (TPSA) is 244 Å². The molecule has 0 aromatic heterocycles. The highest BCUT2D eigenvalue weighted by Gasteiger charge is 2.50. The molecule has 0 bridgehead atoms. The number of aliphatic hydroxyl groups is 2. The van der Waals surface area contributed by atoms with Crippen molar-refractivity contribution in [3.8, 4) is 17.2 Å². The zero-order valence-corrected chi connectivity index (χ0v) is 25.9. The lowest BCUT2D eigenvalue weighted by Gasteiger charge is -2.44. The number of nitrogens with two attached hydrogens (primary N) is 1. The fourth-order valence-corrected chi connectivity index (χ4v) is 6.46. The Hall–Kier alpha value is -4.25. The summed E-state index contributed by atoms with van der Waals surface area (Å²) >= 11 is 0. The van der Waals surface area contributed by atoms with E-state index in [0.717, 1.165) is 0 Å². The first kappa shape index (κ1) is 34.1. The maximum Gasteiger partial charge on any atom is 0.234 e. The number of carbonyl (C=O) groups excluding carboxylic acids is 5. The number of phenolic OH excluding ortho intramolecular Hbond substituents is 2. The molecule has 252 valence electrons. The molecule has 6 unspecified atom stereocenters. The normalized spacial score (nSPS) is 27.2. The number of amides is 1. The van der Waals surface area contributed by atoms with Crippen LogP contribution in [0.4, 0.5) is 0 Å². The molecule has 3 aliphatic rings. The summed E-state index contributed by atoms with van der Waals surface area (Å²) < 4.78 is 17.3. The maximum absolute atomic E-state index is 13.9. The molecule has 47 heavy (non-hydrogen) atoms. The van der Waals surface area contributed by atoms with Crippen LogP contribution in [0.15, 0.2) is 18.2 Å². The minimum Gasteiger partial charge on any atom is -0.507 e. The van der Waals surface area contributed by atoms with Crippen LogP contribution in [0, 0.1) is 0 Å². The standard InChI is InChI=1S/C32H37N3O12/c1-13(37)7-8-21(38)35-34-20(12-36)32(44)10-16-24(19(11-32)47-22-9-17(33)27(39)14(2)46-22)31(43)26-25(29(16)41)28(40)15-5-4-6-18(45-3)23(15)30(26)42/h4-6,12,14,17,19-20,22,27,34,39,41,43-44H,7-11,33H2,1-3H3,(H,35,38)/t14?,17?,19?,20?,22?,27?,32-/m0/s1. The van der Waals surface area contributed by atoms with Crippen LogP contribution in [-0.2, 0) is 30.3 Å². The second-order valence-electron chi connectivity index (χ2n) is 12.2. The number of nitrogens with one attached hydrogen (secondary N) is 2. The van der Waals surface area contributed by atoms with Crippen molar-refractivity contribution in [1.82, 2.24) is 10.9 Å². The number of aldehydes is 1. The molecule has 1 amide bonds. The molecule has 2 aromatic rings. The number of benzene rings is 2. The summed E-state index contributed by atoms with van der Waals surface area (Å²) in [6, 6.07) is 2.04. The summed E-state index contributed by atoms with van der Waals surface area (Å²) in [4.78, 5) is 63.5. The Kier molecular flexibility index (Phi) is 9.50. The average Bonchev–Trinajstić information content (AvgIpc) is 3.02. The first-order chi connectivity index (χ1) is 22.2. The monoisotopic (exact) mass is 655 g/mol. The predicted molar refractivity (Wildman–Crippen MR) is 161 cm³/mol. The van der Waals surface area contributed by atoms with E-state index in [1.165, 1.54) is 32.2 Å². The molecule has 15 nitrogen and oxygen atoms in total. The zero-order chi connectivity index (χ0) is 34.4. The number of rotatable bonds is 10. The maximum atomic E-state index is 13.9. The van der Waals surface area contributed by atoms with Crippen molar-refractivity contribution in [2.75, 3.05) is 7.11 Å². The van der Waals surface area contributed by atoms with E-state index < -0.39 is 95.2 Å². The largest absolute Gasteiger partial charge is 0.507 e. The summed E-state index contributed by atoms with van der Waals surface area (Å²) in [5.74, 6) is -3.77. The number of hydrogen-bond acceptors (Lipinski definition) is 14. The highest BCUT2D eigenvalue weighted by molar-refractivity contribution is 6.31. The number of Topliss-reactive ketones (excluding diaryl/α,β-unsaturated/α-hetero) is 1. The van der Waals surface area contributed by atoms with Gasteiger partial charge in [-0.05, 0) is 19.9 Å². The van der Waals surface area contributed by atoms with Gasteiger partial charge in [0.1, 0.15) is 35.4 Å². The van der Waals surface area contributed by atoms with E-state index in [1.807, 2.05) is 0 Å². The molecule has 1 aliphatic heterocycles. The first-order valence-electron chi connectivity index (χ1n) is 15.0. The van der Waals surface area contributed by atoms with Crippen molar-refractivity contribution in [3.05, 3.63) is 51.6 Å². The number of aliphatic hydroxyl groups excluding tert-OH is 1. The number of ketones is 3. The zero-order valence-electron chi connectivity index (χ0n) is 25.9. The minimum atomic E-state index is -2.13. The highest BCUT2D eigenvalue weighted by Crippen LogP contribution is 2.52. The van der Waals surface area contributed by atoms with E-state index in [2.05, 4.69) is 10.9 Å². The van der Waals surface area contributed by atoms with Gasteiger partial charge in [-0.3, -0.25) is 19.8 Å². The molecular formula is C32H37N3O12. The average molecular weight is 656 g/mol. The van der Waals surface area contributed by atoms with Gasteiger partial charge < -0.3 is 50.0 Å². The second kappa shape index (κ2) is 13.1. The van der Waals surface area contributed by atoms with Gasteiger partial charge in [0.25, 0.3) is 0 Å². The van der Waals surface area contributed by atoms with E-state index in [4.69, 9.17) is 19.9 Å². The van der Waals surface area contributed by atoms with Gasteiger partial charge in [-0.15, -0.1) is 0 Å². The molecular weight excluding hydrogens is 618 g/mol. The predicted octanol–water partition coefficient (Wildman–Crippen LogP) is -0.00260. The number of carbonyl (C=O) groups is 5. The Bertz CT molecular complexity index is 1630. The summed E-state index contributed by atoms with van der Waals surface area (Å²) in [5.41, 5.74) is 7.23. The van der Waals surface area contributed by atoms with Gasteiger partial charge >= 0.3 is 0 Å². The Morgan fingerprint density at radius 1 is 1.15 bits per heavy atom. The lowest BCUT2D eigenvalue weighted by Crippen LogP contribution is -2.60. The third-order valence-electron chi connectivity index (χ3n) is 8.96. The van der Waals surface area contributed by atoms with Crippen LogP contribution in [0.1, 0.15) is 88.6 Å². The van der Waals surface area contributed by atoms with Gasteiger partial charge in [-0.25, -0.2) is 5.43 Å². The van der Waals surface area contributed by atoms with Crippen LogP contribution in [0.5, 0.6) is 17.2 Å². The Balaban J connectivity index is 1.60. The van der Waals surface area contributed by atoms with Gasteiger partial charge in [0.05, 0.1) is 47.7 Å². The van der Waals surface area contributed by atoms with Gasteiger partial charge in [-0.2, -0.15) is 0 Å². The molecule has 0 radical (unpaired) electrons. The number of hydrazine groups is 1.